The Morgan fingerprint density at radius 2 is 1.70 bits per heavy atom. The fraction of sp³-hybridized carbons (Fsp3) is 0.211. The van der Waals surface area contributed by atoms with Gasteiger partial charge in [0.05, 0.1) is 5.56 Å². The van der Waals surface area contributed by atoms with Gasteiger partial charge in [0.25, 0.3) is 5.56 Å². The topological polar surface area (TPSA) is 49.5 Å². The third-order valence-corrected chi connectivity index (χ3v) is 4.19. The molecule has 0 amide bonds. The van der Waals surface area contributed by atoms with Crippen molar-refractivity contribution >= 4 is 10.9 Å². The second-order valence-corrected chi connectivity index (χ2v) is 5.97. The maximum Gasteiger partial charge on any atom is 0.257 e. The lowest BCUT2D eigenvalue weighted by Gasteiger charge is -2.06. The second-order valence-electron chi connectivity index (χ2n) is 5.97. The van der Waals surface area contributed by atoms with Crippen LogP contribution in [0.2, 0.25) is 0 Å². The highest BCUT2D eigenvalue weighted by molar-refractivity contribution is 5.80. The average Bonchev–Trinajstić information content (AvgIpc) is 2.52. The van der Waals surface area contributed by atoms with Crippen LogP contribution in [0.3, 0.4) is 0 Å². The van der Waals surface area contributed by atoms with E-state index in [0.717, 1.165) is 22.0 Å². The molecule has 23 heavy (non-hydrogen) atoms. The summed E-state index contributed by atoms with van der Waals surface area (Å²) in [5, 5.41) is 3.10. The summed E-state index contributed by atoms with van der Waals surface area (Å²) in [6.07, 6.45) is 0. The molecule has 3 N–H and O–H groups in total. The van der Waals surface area contributed by atoms with E-state index in [2.05, 4.69) is 18.0 Å². The number of pyridine rings is 1. The smallest absolute Gasteiger partial charge is 0.257 e. The Balaban J connectivity index is 1.77. The normalized spacial score (nSPS) is 11.1. The van der Waals surface area contributed by atoms with Gasteiger partial charge < -0.3 is 10.3 Å². The van der Waals surface area contributed by atoms with Crippen molar-refractivity contribution in [2.75, 3.05) is 0 Å². The number of hydrogen-bond acceptors (Lipinski definition) is 1. The van der Waals surface area contributed by atoms with Crippen LogP contribution >= 0.6 is 0 Å². The minimum absolute atomic E-state index is 0.0453. The molecule has 0 bridgehead atoms. The number of nitrogens with two attached hydrogens (primary N) is 1. The van der Waals surface area contributed by atoms with Gasteiger partial charge in [-0.15, -0.1) is 0 Å². The van der Waals surface area contributed by atoms with Crippen LogP contribution in [0, 0.1) is 19.7 Å². The molecule has 0 unspecified atom stereocenters. The highest BCUT2D eigenvalue weighted by atomic mass is 19.1. The van der Waals surface area contributed by atoms with E-state index in [9.17, 15) is 9.18 Å². The summed E-state index contributed by atoms with van der Waals surface area (Å²) >= 11 is 0. The number of fused-ring (bicyclic) bond motifs is 1. The molecule has 1 aromatic heterocycles. The molecule has 0 radical (unpaired) electrons. The van der Waals surface area contributed by atoms with E-state index in [-0.39, 0.29) is 11.4 Å². The van der Waals surface area contributed by atoms with Crippen molar-refractivity contribution in [3.8, 4) is 0 Å². The highest BCUT2D eigenvalue weighted by Crippen LogP contribution is 2.16. The molecule has 1 heterocycles. The van der Waals surface area contributed by atoms with Gasteiger partial charge in [-0.3, -0.25) is 4.79 Å². The van der Waals surface area contributed by atoms with Gasteiger partial charge in [-0.25, -0.2) is 4.39 Å². The van der Waals surface area contributed by atoms with E-state index in [1.54, 1.807) is 12.1 Å². The fourth-order valence-electron chi connectivity index (χ4n) is 2.69. The van der Waals surface area contributed by atoms with Gasteiger partial charge in [0.1, 0.15) is 18.9 Å². The summed E-state index contributed by atoms with van der Waals surface area (Å²) in [6.45, 7) is 5.41. The van der Waals surface area contributed by atoms with Crippen molar-refractivity contribution in [2.45, 2.75) is 26.9 Å². The molecule has 0 aliphatic carbocycles. The summed E-state index contributed by atoms with van der Waals surface area (Å²) in [7, 11) is 0. The fourth-order valence-corrected chi connectivity index (χ4v) is 2.69. The molecule has 2 aromatic carbocycles. The van der Waals surface area contributed by atoms with Crippen LogP contribution in [-0.4, -0.2) is 4.98 Å². The number of aryl methyl sites for hydroxylation is 2. The molecular formula is C19H20FN2O+. The van der Waals surface area contributed by atoms with Crippen molar-refractivity contribution in [2.24, 2.45) is 0 Å². The van der Waals surface area contributed by atoms with Gasteiger partial charge >= 0.3 is 0 Å². The number of H-pyrrole nitrogens is 1. The third kappa shape index (κ3) is 3.48. The molecule has 4 heteroatoms. The number of nitrogens with one attached hydrogen (secondary N) is 1. The van der Waals surface area contributed by atoms with Gasteiger partial charge in [0.2, 0.25) is 0 Å². The van der Waals surface area contributed by atoms with Crippen molar-refractivity contribution in [1.82, 2.24) is 4.98 Å². The predicted octanol–water partition coefficient (Wildman–Crippen LogP) is 2.55. The van der Waals surface area contributed by atoms with Crippen LogP contribution < -0.4 is 10.9 Å². The van der Waals surface area contributed by atoms with E-state index in [1.165, 1.54) is 23.3 Å². The van der Waals surface area contributed by atoms with E-state index in [4.69, 9.17) is 0 Å². The van der Waals surface area contributed by atoms with Gasteiger partial charge in [-0.1, -0.05) is 12.1 Å². The quantitative estimate of drug-likeness (QED) is 0.764. The molecule has 3 aromatic rings. The number of hydrogen-bond donors (Lipinski definition) is 2. The zero-order valence-corrected chi connectivity index (χ0v) is 13.3. The first-order valence-electron chi connectivity index (χ1n) is 7.72. The molecule has 0 aliphatic heterocycles. The van der Waals surface area contributed by atoms with E-state index in [0.29, 0.717) is 13.1 Å². The summed E-state index contributed by atoms with van der Waals surface area (Å²) in [5.74, 6) is -0.231. The van der Waals surface area contributed by atoms with E-state index < -0.39 is 0 Å². The molecule has 0 atom stereocenters. The minimum Gasteiger partial charge on any atom is -0.339 e. The van der Waals surface area contributed by atoms with Crippen LogP contribution in [0.5, 0.6) is 0 Å². The third-order valence-electron chi connectivity index (χ3n) is 4.19. The van der Waals surface area contributed by atoms with Crippen LogP contribution in [0.15, 0.2) is 47.3 Å². The number of aromatic nitrogens is 1. The molecule has 0 aliphatic rings. The summed E-state index contributed by atoms with van der Waals surface area (Å²) in [6, 6.07) is 12.5. The van der Waals surface area contributed by atoms with Crippen LogP contribution in [0.25, 0.3) is 10.9 Å². The first-order chi connectivity index (χ1) is 11.0. The standard InChI is InChI=1S/C19H19FN2O/c1-12-7-15-9-16(19(23)22-18(15)8-13(12)2)11-21-10-14-3-5-17(20)6-4-14/h3-9,21H,10-11H2,1-2H3,(H,22,23)/p+1. The number of quaternary nitrogens is 1. The van der Waals surface area contributed by atoms with E-state index >= 15 is 0 Å². The van der Waals surface area contributed by atoms with Crippen LogP contribution in [-0.2, 0) is 13.1 Å². The molecule has 0 saturated heterocycles. The largest absolute Gasteiger partial charge is 0.339 e. The van der Waals surface area contributed by atoms with Crippen molar-refractivity contribution in [3.63, 3.8) is 0 Å². The summed E-state index contributed by atoms with van der Waals surface area (Å²) in [4.78, 5) is 15.1. The van der Waals surface area contributed by atoms with Gasteiger partial charge in [0.15, 0.2) is 0 Å². The Morgan fingerprint density at radius 1 is 1.00 bits per heavy atom. The van der Waals surface area contributed by atoms with E-state index in [1.807, 2.05) is 24.4 Å². The Bertz CT molecular complexity index is 898. The van der Waals surface area contributed by atoms with Crippen molar-refractivity contribution in [3.05, 3.63) is 80.9 Å². The Kier molecular flexibility index (Phi) is 4.26. The highest BCUT2D eigenvalue weighted by Gasteiger charge is 2.06. The lowest BCUT2D eigenvalue weighted by molar-refractivity contribution is -0.686. The Morgan fingerprint density at radius 3 is 2.43 bits per heavy atom. The molecule has 0 spiro atoms. The SMILES string of the molecule is Cc1cc2cc(C[NH2+]Cc3ccc(F)cc3)c(=O)[nH]c2cc1C. The molecule has 118 valence electrons. The minimum atomic E-state index is -0.231. The number of halogens is 1. The first-order valence-corrected chi connectivity index (χ1v) is 7.72. The summed E-state index contributed by atoms with van der Waals surface area (Å²) in [5.41, 5.74) is 5.00. The molecule has 0 saturated carbocycles. The van der Waals surface area contributed by atoms with Crippen molar-refractivity contribution < 1.29 is 9.71 Å². The zero-order chi connectivity index (χ0) is 16.4. The monoisotopic (exact) mass is 311 g/mol. The maximum atomic E-state index is 12.9. The molecular weight excluding hydrogens is 291 g/mol. The number of aromatic amines is 1. The molecule has 3 nitrogen and oxygen atoms in total. The Hall–Kier alpha value is -2.46. The molecule has 0 fully saturated rings. The average molecular weight is 311 g/mol. The van der Waals surface area contributed by atoms with Crippen LogP contribution in [0.4, 0.5) is 4.39 Å². The summed E-state index contributed by atoms with van der Waals surface area (Å²) < 4.78 is 12.9. The van der Waals surface area contributed by atoms with Gasteiger partial charge in [0, 0.05) is 11.1 Å². The zero-order valence-electron chi connectivity index (χ0n) is 13.3. The van der Waals surface area contributed by atoms with Crippen molar-refractivity contribution in [1.29, 1.82) is 0 Å². The number of benzene rings is 2. The molecule has 3 rings (SSSR count). The van der Waals surface area contributed by atoms with Gasteiger partial charge in [-0.2, -0.15) is 0 Å². The lowest BCUT2D eigenvalue weighted by Crippen LogP contribution is -2.81. The maximum absolute atomic E-state index is 12.9. The first kappa shape index (κ1) is 15.4. The lowest BCUT2D eigenvalue weighted by atomic mass is 10.0. The predicted molar refractivity (Wildman–Crippen MR) is 89.8 cm³/mol. The number of rotatable bonds is 4. The second kappa shape index (κ2) is 6.34. The van der Waals surface area contributed by atoms with Gasteiger partial charge in [-0.05, 0) is 60.7 Å². The Labute approximate surface area is 134 Å². The van der Waals surface area contributed by atoms with Crippen LogP contribution in [0.1, 0.15) is 22.3 Å².